The number of halogens is 1. The Kier molecular flexibility index (Phi) is 2.48. The number of hydrogen-bond acceptors (Lipinski definition) is 2. The highest BCUT2D eigenvalue weighted by atomic mass is 19.1. The molecule has 4 heteroatoms. The van der Waals surface area contributed by atoms with Crippen molar-refractivity contribution in [3.63, 3.8) is 0 Å². The van der Waals surface area contributed by atoms with Crippen LogP contribution in [-0.4, -0.2) is 5.91 Å². The zero-order valence-corrected chi connectivity index (χ0v) is 9.48. The van der Waals surface area contributed by atoms with E-state index in [9.17, 15) is 9.18 Å². The van der Waals surface area contributed by atoms with E-state index in [1.807, 2.05) is 24.3 Å². The Hall–Kier alpha value is -2.36. The monoisotopic (exact) mass is 242 g/mol. The highest BCUT2D eigenvalue weighted by Gasteiger charge is 2.30. The Morgan fingerprint density at radius 1 is 1.06 bits per heavy atom. The normalized spacial score (nSPS) is 17.2. The molecule has 2 aromatic carbocycles. The van der Waals surface area contributed by atoms with E-state index in [4.69, 9.17) is 0 Å². The molecule has 0 bridgehead atoms. The molecule has 0 aliphatic carbocycles. The van der Waals surface area contributed by atoms with Gasteiger partial charge in [0.15, 0.2) is 0 Å². The van der Waals surface area contributed by atoms with Crippen LogP contribution < -0.4 is 10.6 Å². The molecule has 0 aromatic heterocycles. The van der Waals surface area contributed by atoms with Crippen LogP contribution >= 0.6 is 0 Å². The first-order chi connectivity index (χ1) is 8.75. The van der Waals surface area contributed by atoms with Gasteiger partial charge < -0.3 is 10.6 Å². The minimum absolute atomic E-state index is 0.167. The number of nitrogens with one attached hydrogen (secondary N) is 2. The van der Waals surface area contributed by atoms with E-state index >= 15 is 0 Å². The molecule has 90 valence electrons. The summed E-state index contributed by atoms with van der Waals surface area (Å²) >= 11 is 0. The van der Waals surface area contributed by atoms with E-state index in [1.54, 1.807) is 18.2 Å². The fourth-order valence-corrected chi connectivity index (χ4v) is 2.09. The van der Waals surface area contributed by atoms with Gasteiger partial charge in [-0.15, -0.1) is 0 Å². The van der Waals surface area contributed by atoms with Gasteiger partial charge in [0.25, 0.3) is 5.91 Å². The number of carbonyl (C=O) groups is 1. The largest absolute Gasteiger partial charge is 0.368 e. The van der Waals surface area contributed by atoms with Gasteiger partial charge >= 0.3 is 0 Å². The lowest BCUT2D eigenvalue weighted by molar-refractivity contribution is -0.116. The highest BCUT2D eigenvalue weighted by Crippen LogP contribution is 2.33. The number of rotatable bonds is 2. The maximum atomic E-state index is 13.6. The van der Waals surface area contributed by atoms with E-state index in [0.29, 0.717) is 5.69 Å². The Balaban J connectivity index is 1.94. The third-order valence-corrected chi connectivity index (χ3v) is 2.97. The number of amides is 1. The number of hydrogen-bond donors (Lipinski definition) is 2. The third kappa shape index (κ3) is 1.72. The van der Waals surface area contributed by atoms with Crippen LogP contribution in [0.2, 0.25) is 0 Å². The van der Waals surface area contributed by atoms with Crippen molar-refractivity contribution < 1.29 is 9.18 Å². The summed E-state index contributed by atoms with van der Waals surface area (Å²) in [5.74, 6) is -0.533. The van der Waals surface area contributed by atoms with Crippen LogP contribution in [0.25, 0.3) is 0 Å². The molecule has 18 heavy (non-hydrogen) atoms. The maximum absolute atomic E-state index is 13.6. The van der Waals surface area contributed by atoms with Crippen molar-refractivity contribution in [2.45, 2.75) is 6.04 Å². The van der Waals surface area contributed by atoms with Crippen LogP contribution in [0.4, 0.5) is 15.8 Å². The maximum Gasteiger partial charge on any atom is 0.251 e. The Labute approximate surface area is 104 Å². The van der Waals surface area contributed by atoms with Gasteiger partial charge in [-0.2, -0.15) is 0 Å². The molecule has 0 radical (unpaired) electrons. The molecule has 0 saturated carbocycles. The molecule has 0 fully saturated rings. The van der Waals surface area contributed by atoms with Gasteiger partial charge in [0.1, 0.15) is 11.9 Å². The Morgan fingerprint density at radius 3 is 2.61 bits per heavy atom. The molecule has 1 aliphatic heterocycles. The standard InChI is InChI=1S/C14H11FN2O/c15-10-6-2-4-8-12(10)16-13-9-5-1-3-7-11(9)17-14(13)18/h1-8,13,16H,(H,17,18). The van der Waals surface area contributed by atoms with Crippen LogP contribution in [0.15, 0.2) is 48.5 Å². The second kappa shape index (κ2) is 4.14. The number of fused-ring (bicyclic) bond motifs is 1. The molecule has 0 spiro atoms. The number of carbonyl (C=O) groups excluding carboxylic acids is 1. The van der Waals surface area contributed by atoms with Crippen molar-refractivity contribution >= 4 is 17.3 Å². The van der Waals surface area contributed by atoms with E-state index < -0.39 is 6.04 Å². The third-order valence-electron chi connectivity index (χ3n) is 2.97. The van der Waals surface area contributed by atoms with Crippen LogP contribution in [0.3, 0.4) is 0 Å². The average molecular weight is 242 g/mol. The van der Waals surface area contributed by atoms with Gasteiger partial charge in [0.2, 0.25) is 0 Å². The molecule has 2 aromatic rings. The average Bonchev–Trinajstić information content (AvgIpc) is 2.69. The molecule has 1 atom stereocenters. The summed E-state index contributed by atoms with van der Waals surface area (Å²) in [5, 5.41) is 5.69. The smallest absolute Gasteiger partial charge is 0.251 e. The van der Waals surface area contributed by atoms with Crippen molar-refractivity contribution in [3.05, 3.63) is 59.9 Å². The van der Waals surface area contributed by atoms with E-state index in [1.165, 1.54) is 6.07 Å². The number of benzene rings is 2. The van der Waals surface area contributed by atoms with Gasteiger partial charge in [-0.25, -0.2) is 4.39 Å². The summed E-state index contributed by atoms with van der Waals surface area (Å²) in [6, 6.07) is 13.2. The van der Waals surface area contributed by atoms with Crippen molar-refractivity contribution in [2.24, 2.45) is 0 Å². The molecular formula is C14H11FN2O. The summed E-state index contributed by atoms with van der Waals surface area (Å²) in [5.41, 5.74) is 1.94. The molecule has 3 rings (SSSR count). The second-order valence-electron chi connectivity index (χ2n) is 4.13. The zero-order valence-electron chi connectivity index (χ0n) is 9.48. The van der Waals surface area contributed by atoms with Crippen LogP contribution in [0.1, 0.15) is 11.6 Å². The molecule has 0 saturated heterocycles. The fourth-order valence-electron chi connectivity index (χ4n) is 2.09. The molecule has 3 nitrogen and oxygen atoms in total. The fraction of sp³-hybridized carbons (Fsp3) is 0.0714. The molecule has 2 N–H and O–H groups in total. The van der Waals surface area contributed by atoms with Crippen molar-refractivity contribution in [3.8, 4) is 0 Å². The summed E-state index contributed by atoms with van der Waals surface area (Å²) in [4.78, 5) is 11.9. The van der Waals surface area contributed by atoms with Crippen LogP contribution in [0, 0.1) is 5.82 Å². The molecule has 1 unspecified atom stereocenters. The van der Waals surface area contributed by atoms with E-state index in [0.717, 1.165) is 11.3 Å². The van der Waals surface area contributed by atoms with Gasteiger partial charge in [-0.05, 0) is 18.2 Å². The molecule has 1 heterocycles. The van der Waals surface area contributed by atoms with Gasteiger partial charge in [0, 0.05) is 11.3 Å². The van der Waals surface area contributed by atoms with Gasteiger partial charge in [-0.1, -0.05) is 30.3 Å². The number of anilines is 2. The Morgan fingerprint density at radius 2 is 1.78 bits per heavy atom. The predicted molar refractivity (Wildman–Crippen MR) is 67.8 cm³/mol. The molecule has 1 amide bonds. The zero-order chi connectivity index (χ0) is 12.5. The van der Waals surface area contributed by atoms with Gasteiger partial charge in [-0.3, -0.25) is 4.79 Å². The first-order valence-electron chi connectivity index (χ1n) is 5.66. The number of para-hydroxylation sites is 2. The summed E-state index contributed by atoms with van der Waals surface area (Å²) in [6.45, 7) is 0. The molecular weight excluding hydrogens is 231 g/mol. The van der Waals surface area contributed by atoms with Crippen LogP contribution in [0.5, 0.6) is 0 Å². The second-order valence-corrected chi connectivity index (χ2v) is 4.13. The minimum atomic E-state index is -0.543. The highest BCUT2D eigenvalue weighted by molar-refractivity contribution is 6.04. The first kappa shape index (κ1) is 10.8. The SMILES string of the molecule is O=C1Nc2ccccc2C1Nc1ccccc1F. The van der Waals surface area contributed by atoms with E-state index in [-0.39, 0.29) is 11.7 Å². The topological polar surface area (TPSA) is 41.1 Å². The summed E-state index contributed by atoms with van der Waals surface area (Å²) in [6.07, 6.45) is 0. The predicted octanol–water partition coefficient (Wildman–Crippen LogP) is 2.93. The quantitative estimate of drug-likeness (QED) is 0.850. The molecule has 1 aliphatic rings. The summed E-state index contributed by atoms with van der Waals surface area (Å²) in [7, 11) is 0. The van der Waals surface area contributed by atoms with Crippen molar-refractivity contribution in [1.29, 1.82) is 0 Å². The summed E-state index contributed by atoms with van der Waals surface area (Å²) < 4.78 is 13.6. The first-order valence-corrected chi connectivity index (χ1v) is 5.66. The van der Waals surface area contributed by atoms with E-state index in [2.05, 4.69) is 10.6 Å². The van der Waals surface area contributed by atoms with Gasteiger partial charge in [0.05, 0.1) is 5.69 Å². The van der Waals surface area contributed by atoms with Crippen LogP contribution in [-0.2, 0) is 4.79 Å². The Bertz CT molecular complexity index is 612. The lowest BCUT2D eigenvalue weighted by atomic mass is 10.1. The lowest BCUT2D eigenvalue weighted by Gasteiger charge is -2.13. The lowest BCUT2D eigenvalue weighted by Crippen LogP contribution is -2.20. The van der Waals surface area contributed by atoms with Crippen molar-refractivity contribution in [1.82, 2.24) is 0 Å². The minimum Gasteiger partial charge on any atom is -0.368 e. The van der Waals surface area contributed by atoms with Crippen molar-refractivity contribution in [2.75, 3.05) is 10.6 Å².